The lowest BCUT2D eigenvalue weighted by Crippen LogP contribution is -2.16. The summed E-state index contributed by atoms with van der Waals surface area (Å²) >= 11 is 0. The van der Waals surface area contributed by atoms with Gasteiger partial charge in [0.1, 0.15) is 17.3 Å². The molecule has 1 aliphatic carbocycles. The van der Waals surface area contributed by atoms with E-state index in [2.05, 4.69) is 25.8 Å². The number of carbonyl (C=O) groups excluding carboxylic acids is 2. The second kappa shape index (κ2) is 8.62. The highest BCUT2D eigenvalue weighted by molar-refractivity contribution is 6.03. The quantitative estimate of drug-likeness (QED) is 0.384. The smallest absolute Gasteiger partial charge is 0.435 e. The van der Waals surface area contributed by atoms with Gasteiger partial charge in [-0.3, -0.25) is 14.3 Å². The van der Waals surface area contributed by atoms with Crippen LogP contribution in [-0.2, 0) is 18.0 Å². The van der Waals surface area contributed by atoms with E-state index in [1.165, 1.54) is 29.9 Å². The van der Waals surface area contributed by atoms with Crippen LogP contribution in [0.25, 0.3) is 5.65 Å². The Morgan fingerprint density at radius 1 is 1.08 bits per heavy atom. The van der Waals surface area contributed by atoms with Crippen molar-refractivity contribution in [3.63, 3.8) is 0 Å². The molecule has 1 saturated carbocycles. The van der Waals surface area contributed by atoms with Gasteiger partial charge in [-0.15, -0.1) is 5.10 Å². The minimum atomic E-state index is -4.73. The molecule has 10 nitrogen and oxygen atoms in total. The van der Waals surface area contributed by atoms with Crippen molar-refractivity contribution in [2.24, 2.45) is 13.0 Å². The van der Waals surface area contributed by atoms with Gasteiger partial charge in [0.15, 0.2) is 17.2 Å². The Balaban J connectivity index is 1.32. The number of hydrogen-bond acceptors (Lipinski definition) is 6. The van der Waals surface area contributed by atoms with Gasteiger partial charge in [0.05, 0.1) is 11.9 Å². The first-order chi connectivity index (χ1) is 17.1. The largest absolute Gasteiger partial charge is 0.438 e. The molecule has 0 atom stereocenters. The van der Waals surface area contributed by atoms with E-state index in [4.69, 9.17) is 4.74 Å². The van der Waals surface area contributed by atoms with Gasteiger partial charge >= 0.3 is 6.18 Å². The Morgan fingerprint density at radius 3 is 2.56 bits per heavy atom. The van der Waals surface area contributed by atoms with Crippen molar-refractivity contribution in [3.8, 4) is 11.6 Å². The molecule has 14 heteroatoms. The van der Waals surface area contributed by atoms with E-state index >= 15 is 0 Å². The Morgan fingerprint density at radius 2 is 1.86 bits per heavy atom. The third-order valence-corrected chi connectivity index (χ3v) is 5.31. The molecule has 0 bridgehead atoms. The van der Waals surface area contributed by atoms with Gasteiger partial charge in [0.2, 0.25) is 11.8 Å². The highest BCUT2D eigenvalue weighted by atomic mass is 19.4. The molecule has 4 aromatic rings. The van der Waals surface area contributed by atoms with Crippen LogP contribution >= 0.6 is 0 Å². The summed E-state index contributed by atoms with van der Waals surface area (Å²) in [5, 5.41) is 12.5. The summed E-state index contributed by atoms with van der Waals surface area (Å²) < 4.78 is 60.7. The first-order valence-electron chi connectivity index (χ1n) is 10.6. The second-order valence-electron chi connectivity index (χ2n) is 8.10. The zero-order chi connectivity index (χ0) is 25.6. The average molecular weight is 503 g/mol. The first kappa shape index (κ1) is 23.3. The third-order valence-electron chi connectivity index (χ3n) is 5.31. The summed E-state index contributed by atoms with van der Waals surface area (Å²) in [4.78, 5) is 28.7. The number of benzene rings is 1. The summed E-state index contributed by atoms with van der Waals surface area (Å²) in [5.41, 5.74) is -1.52. The molecule has 1 fully saturated rings. The van der Waals surface area contributed by atoms with Gasteiger partial charge in [-0.2, -0.15) is 18.3 Å². The molecule has 5 rings (SSSR count). The van der Waals surface area contributed by atoms with Crippen molar-refractivity contribution in [3.05, 3.63) is 59.8 Å². The van der Waals surface area contributed by atoms with Gasteiger partial charge in [-0.05, 0) is 31.0 Å². The molecule has 36 heavy (non-hydrogen) atoms. The zero-order valence-electron chi connectivity index (χ0n) is 18.5. The summed E-state index contributed by atoms with van der Waals surface area (Å²) in [6.45, 7) is 0. The van der Waals surface area contributed by atoms with Gasteiger partial charge in [0.25, 0.3) is 5.91 Å². The monoisotopic (exact) mass is 503 g/mol. The van der Waals surface area contributed by atoms with E-state index in [-0.39, 0.29) is 29.1 Å². The topological polar surface area (TPSA) is 115 Å². The number of aromatic nitrogens is 5. The lowest BCUT2D eigenvalue weighted by atomic mass is 10.2. The number of hydrogen-bond donors (Lipinski definition) is 2. The zero-order valence-corrected chi connectivity index (χ0v) is 18.5. The molecule has 1 aromatic carbocycles. The molecule has 0 spiro atoms. The Hall–Kier alpha value is -4.49. The molecule has 3 heterocycles. The lowest BCUT2D eigenvalue weighted by molar-refractivity contribution is -0.141. The van der Waals surface area contributed by atoms with E-state index in [0.29, 0.717) is 17.5 Å². The molecule has 3 aromatic heterocycles. The predicted molar refractivity (Wildman–Crippen MR) is 117 cm³/mol. The van der Waals surface area contributed by atoms with E-state index in [1.54, 1.807) is 6.07 Å². The van der Waals surface area contributed by atoms with Crippen LogP contribution in [0.5, 0.6) is 11.6 Å². The van der Waals surface area contributed by atoms with E-state index in [1.807, 2.05) is 0 Å². The van der Waals surface area contributed by atoms with Crippen LogP contribution in [0.1, 0.15) is 29.0 Å². The molecule has 2 N–H and O–H groups in total. The van der Waals surface area contributed by atoms with Gasteiger partial charge in [-0.25, -0.2) is 13.9 Å². The summed E-state index contributed by atoms with van der Waals surface area (Å²) in [7, 11) is 1.17. The maximum Gasteiger partial charge on any atom is 0.435 e. The first-order valence-corrected chi connectivity index (χ1v) is 10.6. The maximum atomic E-state index is 14.3. The summed E-state index contributed by atoms with van der Waals surface area (Å²) in [6, 6.07) is 7.15. The number of fused-ring (bicyclic) bond motifs is 1. The van der Waals surface area contributed by atoms with Gasteiger partial charge in [0, 0.05) is 31.2 Å². The van der Waals surface area contributed by atoms with Crippen molar-refractivity contribution in [2.75, 3.05) is 10.6 Å². The van der Waals surface area contributed by atoms with Gasteiger partial charge in [-0.1, -0.05) is 0 Å². The fourth-order valence-electron chi connectivity index (χ4n) is 3.34. The molecule has 2 amide bonds. The van der Waals surface area contributed by atoms with E-state index in [0.717, 1.165) is 29.7 Å². The fraction of sp³-hybridized carbons (Fsp3) is 0.227. The van der Waals surface area contributed by atoms with Crippen molar-refractivity contribution >= 4 is 29.0 Å². The van der Waals surface area contributed by atoms with Gasteiger partial charge < -0.3 is 15.4 Å². The molecule has 0 aliphatic heterocycles. The number of nitrogens with zero attached hydrogens (tertiary/aromatic N) is 5. The molecular weight excluding hydrogens is 486 g/mol. The van der Waals surface area contributed by atoms with Crippen LogP contribution in [0.3, 0.4) is 0 Å². The van der Waals surface area contributed by atoms with Crippen molar-refractivity contribution in [1.82, 2.24) is 24.4 Å². The highest BCUT2D eigenvalue weighted by Gasteiger charge is 2.35. The molecular formula is C22H17F4N7O3. The Kier molecular flexibility index (Phi) is 5.57. The van der Waals surface area contributed by atoms with E-state index in [9.17, 15) is 27.2 Å². The summed E-state index contributed by atoms with van der Waals surface area (Å²) in [6.07, 6.45) is -1.51. The average Bonchev–Trinajstić information content (AvgIpc) is 3.47. The minimum Gasteiger partial charge on any atom is -0.438 e. The van der Waals surface area contributed by atoms with Crippen LogP contribution in [-0.4, -0.2) is 36.2 Å². The highest BCUT2D eigenvalue weighted by Crippen LogP contribution is 2.31. The normalized spacial score (nSPS) is 13.6. The van der Waals surface area contributed by atoms with Crippen molar-refractivity contribution < 1.29 is 31.9 Å². The second-order valence-corrected chi connectivity index (χ2v) is 8.10. The molecule has 0 unspecified atom stereocenters. The molecule has 0 saturated heterocycles. The van der Waals surface area contributed by atoms with Crippen LogP contribution in [0, 0.1) is 11.7 Å². The number of anilines is 2. The van der Waals surface area contributed by atoms with Crippen molar-refractivity contribution in [1.29, 1.82) is 0 Å². The SMILES string of the molecule is Cn1nc(C(F)(F)F)cc1C(=O)Nc1cc(Oc2ccc3nc(NC(=O)C4CC4)cn3n2)ccc1F. The standard InChI is InChI=1S/C22H17F4N7O3/c1-32-15(9-16(30-32)22(24,25)26)21(35)27-14-8-12(4-5-13(14)23)36-19-7-6-18-28-17(10-33(18)31-19)29-20(34)11-2-3-11/h4-11H,2-3H2,1H3,(H,27,35)(H,29,34). The van der Waals surface area contributed by atoms with Crippen LogP contribution in [0.15, 0.2) is 42.6 Å². The van der Waals surface area contributed by atoms with Crippen LogP contribution < -0.4 is 15.4 Å². The molecule has 0 radical (unpaired) electrons. The third kappa shape index (κ3) is 4.82. The maximum absolute atomic E-state index is 14.3. The van der Waals surface area contributed by atoms with Crippen LogP contribution in [0.2, 0.25) is 0 Å². The number of nitrogens with one attached hydrogen (secondary N) is 2. The molecule has 1 aliphatic rings. The number of alkyl halides is 3. The number of halogens is 4. The number of rotatable bonds is 6. The number of amides is 2. The number of carbonyl (C=O) groups is 2. The predicted octanol–water partition coefficient (Wildman–Crippen LogP) is 4.01. The Labute approximate surface area is 199 Å². The van der Waals surface area contributed by atoms with Crippen molar-refractivity contribution in [2.45, 2.75) is 19.0 Å². The summed E-state index contributed by atoms with van der Waals surface area (Å²) in [5.74, 6) is -1.37. The van der Waals surface area contributed by atoms with Crippen LogP contribution in [0.4, 0.5) is 29.1 Å². The van der Waals surface area contributed by atoms with E-state index < -0.39 is 29.3 Å². The molecule has 186 valence electrons. The fourth-order valence-corrected chi connectivity index (χ4v) is 3.34. The minimum absolute atomic E-state index is 0.0133. The Bertz CT molecular complexity index is 1490. The number of aryl methyl sites for hydroxylation is 1. The number of ether oxygens (including phenoxy) is 1. The lowest BCUT2D eigenvalue weighted by Gasteiger charge is -2.10. The number of imidazole rings is 1.